The molecule has 0 unspecified atom stereocenters. The van der Waals surface area contributed by atoms with Crippen LogP contribution in [0.1, 0.15) is 5.56 Å². The summed E-state index contributed by atoms with van der Waals surface area (Å²) in [6.45, 7) is 2.20. The van der Waals surface area contributed by atoms with Crippen molar-refractivity contribution < 1.29 is 9.15 Å². The lowest BCUT2D eigenvalue weighted by molar-refractivity contribution is 0.477. The summed E-state index contributed by atoms with van der Waals surface area (Å²) in [6, 6.07) is 34.6. The fourth-order valence-electron chi connectivity index (χ4n) is 7.22. The Labute approximate surface area is 218 Å². The van der Waals surface area contributed by atoms with Gasteiger partial charge in [0, 0.05) is 27.5 Å². The van der Waals surface area contributed by atoms with Crippen molar-refractivity contribution in [1.29, 1.82) is 0 Å². The first-order valence-electron chi connectivity index (χ1n) is 13.1. The summed E-state index contributed by atoms with van der Waals surface area (Å²) >= 11 is 0. The van der Waals surface area contributed by atoms with Crippen molar-refractivity contribution in [2.24, 2.45) is 0 Å². The molecule has 5 heterocycles. The van der Waals surface area contributed by atoms with Crippen LogP contribution in [0.2, 0.25) is 0 Å². The number of hydrogen-bond donors (Lipinski definition) is 0. The number of hydrogen-bond acceptors (Lipinski definition) is 3. The van der Waals surface area contributed by atoms with Crippen LogP contribution in [-0.4, -0.2) is 11.3 Å². The summed E-state index contributed by atoms with van der Waals surface area (Å²) in [5.74, 6) is 1.78. The zero-order valence-electron chi connectivity index (χ0n) is 20.5. The molecule has 0 saturated carbocycles. The zero-order valence-corrected chi connectivity index (χ0v) is 20.5. The summed E-state index contributed by atoms with van der Waals surface area (Å²) in [5, 5.41) is 2.31. The number of ether oxygens (including phenoxy) is 1. The molecule has 3 aliphatic heterocycles. The summed E-state index contributed by atoms with van der Waals surface area (Å²) < 4.78 is 15.6. The number of fused-ring (bicyclic) bond motifs is 11. The van der Waals surface area contributed by atoms with Gasteiger partial charge in [-0.15, -0.1) is 0 Å². The first kappa shape index (κ1) is 19.2. The van der Waals surface area contributed by atoms with Gasteiger partial charge >= 0.3 is 6.85 Å². The number of furan rings is 1. The normalized spacial score (nSPS) is 14.0. The molecule has 0 fully saturated rings. The minimum atomic E-state index is -0.00318. The summed E-state index contributed by atoms with van der Waals surface area (Å²) in [5.41, 5.74) is 14.1. The van der Waals surface area contributed by atoms with Crippen LogP contribution in [0.4, 0.5) is 17.1 Å². The molecule has 0 bridgehead atoms. The van der Waals surface area contributed by atoms with Crippen molar-refractivity contribution in [1.82, 2.24) is 4.48 Å². The third-order valence-corrected chi connectivity index (χ3v) is 8.57. The molecule has 3 aliphatic rings. The number of rotatable bonds is 0. The standard InChI is InChI=1S/C33H19BN2O2/c1-18-16-22-19-9-6-10-21-30(19)36(31-20-8-2-4-13-26(20)38-33(21)31)34-23-11-7-15-28-32(23)35(25(17-18)29(22)34)24-12-3-5-14-27(24)37-28/h2-17H,1H3. The van der Waals surface area contributed by atoms with E-state index in [0.29, 0.717) is 0 Å². The zero-order chi connectivity index (χ0) is 24.7. The van der Waals surface area contributed by atoms with Gasteiger partial charge in [-0.3, -0.25) is 0 Å². The predicted molar refractivity (Wildman–Crippen MR) is 155 cm³/mol. The van der Waals surface area contributed by atoms with Gasteiger partial charge < -0.3 is 18.5 Å². The fraction of sp³-hybridized carbons (Fsp3) is 0.0303. The first-order valence-corrected chi connectivity index (χ1v) is 13.1. The Morgan fingerprint density at radius 2 is 1.50 bits per heavy atom. The van der Waals surface area contributed by atoms with Crippen molar-refractivity contribution in [2.45, 2.75) is 6.92 Å². The van der Waals surface area contributed by atoms with Gasteiger partial charge in [0.05, 0.1) is 16.9 Å². The molecule has 2 aromatic heterocycles. The quantitative estimate of drug-likeness (QED) is 0.210. The van der Waals surface area contributed by atoms with Crippen LogP contribution in [0.5, 0.6) is 11.5 Å². The van der Waals surface area contributed by atoms with Gasteiger partial charge in [0.2, 0.25) is 0 Å². The Morgan fingerprint density at radius 1 is 0.684 bits per heavy atom. The lowest BCUT2D eigenvalue weighted by atomic mass is 9.45. The molecule has 5 heteroatoms. The maximum atomic E-state index is 6.55. The number of aromatic nitrogens is 1. The Morgan fingerprint density at radius 3 is 2.47 bits per heavy atom. The third kappa shape index (κ3) is 2.06. The molecule has 38 heavy (non-hydrogen) atoms. The fourth-order valence-corrected chi connectivity index (χ4v) is 7.22. The van der Waals surface area contributed by atoms with Gasteiger partial charge in [-0.2, -0.15) is 0 Å². The minimum Gasteiger partial charge on any atom is -0.454 e. The highest BCUT2D eigenvalue weighted by Crippen LogP contribution is 2.53. The van der Waals surface area contributed by atoms with E-state index in [1.165, 1.54) is 38.8 Å². The molecule has 0 atom stereocenters. The molecule has 0 radical (unpaired) electrons. The Balaban J connectivity index is 1.45. The number of aryl methyl sites for hydroxylation is 1. The molecule has 0 amide bonds. The van der Waals surface area contributed by atoms with Gasteiger partial charge in [0.15, 0.2) is 17.1 Å². The lowest BCUT2D eigenvalue weighted by Crippen LogP contribution is -2.57. The first-order chi connectivity index (χ1) is 18.8. The second-order valence-electron chi connectivity index (χ2n) is 10.6. The van der Waals surface area contributed by atoms with Crippen LogP contribution in [0.25, 0.3) is 44.1 Å². The molecule has 0 aliphatic carbocycles. The van der Waals surface area contributed by atoms with E-state index in [9.17, 15) is 0 Å². The van der Waals surface area contributed by atoms with E-state index >= 15 is 0 Å². The highest BCUT2D eigenvalue weighted by atomic mass is 16.5. The van der Waals surface area contributed by atoms with Gasteiger partial charge in [-0.1, -0.05) is 54.6 Å². The van der Waals surface area contributed by atoms with Gasteiger partial charge in [-0.25, -0.2) is 0 Å². The van der Waals surface area contributed by atoms with Crippen molar-refractivity contribution in [3.63, 3.8) is 0 Å². The molecular formula is C33H19BN2O2. The topological polar surface area (TPSA) is 30.5 Å². The van der Waals surface area contributed by atoms with E-state index in [1.807, 2.05) is 12.1 Å². The van der Waals surface area contributed by atoms with E-state index in [4.69, 9.17) is 9.15 Å². The number of nitrogens with zero attached hydrogens (tertiary/aromatic N) is 2. The second-order valence-corrected chi connectivity index (χ2v) is 10.6. The van der Waals surface area contributed by atoms with Crippen LogP contribution in [-0.2, 0) is 0 Å². The minimum absolute atomic E-state index is 0.00318. The second kappa shape index (κ2) is 6.32. The highest BCUT2D eigenvalue weighted by Gasteiger charge is 2.46. The van der Waals surface area contributed by atoms with Crippen molar-refractivity contribution >= 4 is 67.8 Å². The average molecular weight is 486 g/mol. The summed E-state index contributed by atoms with van der Waals surface area (Å²) in [6.07, 6.45) is 0. The van der Waals surface area contributed by atoms with Crippen LogP contribution in [0.3, 0.4) is 0 Å². The Hall–Kier alpha value is -4.90. The predicted octanol–water partition coefficient (Wildman–Crippen LogP) is 7.37. The maximum absolute atomic E-state index is 6.55. The van der Waals surface area contributed by atoms with Crippen LogP contribution >= 0.6 is 0 Å². The van der Waals surface area contributed by atoms with E-state index in [1.54, 1.807) is 0 Å². The summed E-state index contributed by atoms with van der Waals surface area (Å²) in [7, 11) is 0. The molecule has 176 valence electrons. The molecule has 5 aromatic carbocycles. The van der Waals surface area contributed by atoms with Crippen LogP contribution < -0.4 is 20.6 Å². The van der Waals surface area contributed by atoms with Gasteiger partial charge in [0.25, 0.3) is 0 Å². The number of anilines is 3. The molecule has 0 saturated heterocycles. The monoisotopic (exact) mass is 486 g/mol. The molecule has 7 aromatic rings. The highest BCUT2D eigenvalue weighted by molar-refractivity contribution is 6.90. The van der Waals surface area contributed by atoms with E-state index < -0.39 is 0 Å². The van der Waals surface area contributed by atoms with E-state index in [-0.39, 0.29) is 6.85 Å². The molecule has 0 spiro atoms. The molecule has 0 N–H and O–H groups in total. The number of benzene rings is 5. The lowest BCUT2D eigenvalue weighted by Gasteiger charge is -2.43. The largest absolute Gasteiger partial charge is 0.454 e. The Kier molecular flexibility index (Phi) is 3.20. The van der Waals surface area contributed by atoms with Crippen molar-refractivity contribution in [3.8, 4) is 22.6 Å². The van der Waals surface area contributed by atoms with Crippen LogP contribution in [0.15, 0.2) is 101 Å². The average Bonchev–Trinajstić information content (AvgIpc) is 3.48. The smallest absolute Gasteiger partial charge is 0.333 e. The van der Waals surface area contributed by atoms with Crippen molar-refractivity contribution in [3.05, 3.63) is 103 Å². The maximum Gasteiger partial charge on any atom is 0.333 e. The third-order valence-electron chi connectivity index (χ3n) is 8.57. The van der Waals surface area contributed by atoms with Crippen LogP contribution in [0, 0.1) is 6.92 Å². The molecule has 4 nitrogen and oxygen atoms in total. The van der Waals surface area contributed by atoms with Gasteiger partial charge in [0.1, 0.15) is 5.58 Å². The SMILES string of the molecule is Cc1cc2c3c(c1)N1c4ccccc4Oc4cccc(c41)B3n1c3c-2cccc3c2oc3ccccc3c21. The van der Waals surface area contributed by atoms with E-state index in [2.05, 4.69) is 101 Å². The molecule has 10 rings (SSSR count). The summed E-state index contributed by atoms with van der Waals surface area (Å²) in [4.78, 5) is 2.42. The van der Waals surface area contributed by atoms with E-state index in [0.717, 1.165) is 50.3 Å². The van der Waals surface area contributed by atoms with Gasteiger partial charge in [-0.05, 0) is 71.4 Å². The molecular weight excluding hydrogens is 467 g/mol. The number of para-hydroxylation sites is 5. The van der Waals surface area contributed by atoms with Crippen molar-refractivity contribution in [2.75, 3.05) is 4.90 Å². The Bertz CT molecular complexity index is 2210.